The quantitative estimate of drug-likeness (QED) is 0.592. The van der Waals surface area contributed by atoms with Crippen molar-refractivity contribution in [3.63, 3.8) is 0 Å². The minimum absolute atomic E-state index is 0.415. The van der Waals surface area contributed by atoms with E-state index in [4.69, 9.17) is 9.47 Å². The highest BCUT2D eigenvalue weighted by Crippen LogP contribution is 2.80. The van der Waals surface area contributed by atoms with Crippen LogP contribution in [0.2, 0.25) is 0 Å². The molecule has 8 fully saturated rings. The van der Waals surface area contributed by atoms with Crippen LogP contribution in [0.1, 0.15) is 25.7 Å². The second-order valence-electron chi connectivity index (χ2n) is 8.08. The third kappa shape index (κ3) is 0.613. The zero-order chi connectivity index (χ0) is 10.5. The lowest BCUT2D eigenvalue weighted by molar-refractivity contribution is -0.242. The smallest absolute Gasteiger partial charge is 0.0875 e. The lowest BCUT2D eigenvalue weighted by Crippen LogP contribution is -2.58. The first-order valence-electron chi connectivity index (χ1n) is 7.69. The molecule has 0 aromatic rings. The number of epoxide rings is 1. The van der Waals surface area contributed by atoms with Gasteiger partial charge in [0.2, 0.25) is 0 Å². The van der Waals surface area contributed by atoms with E-state index in [9.17, 15) is 0 Å². The molecule has 0 amide bonds. The van der Waals surface area contributed by atoms with Crippen molar-refractivity contribution in [2.75, 3.05) is 0 Å². The fourth-order valence-electron chi connectivity index (χ4n) is 7.99. The van der Waals surface area contributed by atoms with Gasteiger partial charge >= 0.3 is 0 Å². The summed E-state index contributed by atoms with van der Waals surface area (Å²) in [5.41, 5.74) is 0.415. The highest BCUT2D eigenvalue weighted by atomic mass is 16.6. The molecule has 0 aromatic carbocycles. The molecule has 17 heavy (non-hydrogen) atoms. The molecule has 3 aliphatic heterocycles. The highest BCUT2D eigenvalue weighted by molar-refractivity contribution is 5.29. The van der Waals surface area contributed by atoms with Crippen molar-refractivity contribution in [3.8, 4) is 0 Å². The number of ether oxygens (including phenoxy) is 2. The van der Waals surface area contributed by atoms with E-state index in [2.05, 4.69) is 0 Å². The summed E-state index contributed by atoms with van der Waals surface area (Å²) < 4.78 is 12.1. The number of hydrogen-bond acceptors (Lipinski definition) is 2. The first-order chi connectivity index (χ1) is 8.36. The van der Waals surface area contributed by atoms with Gasteiger partial charge in [0.05, 0.1) is 23.9 Å². The molecule has 3 saturated heterocycles. The summed E-state index contributed by atoms with van der Waals surface area (Å²) in [4.78, 5) is 0. The molecular weight excluding hydrogens is 212 g/mol. The van der Waals surface area contributed by atoms with E-state index in [-0.39, 0.29) is 0 Å². The van der Waals surface area contributed by atoms with Gasteiger partial charge in [-0.25, -0.2) is 0 Å². The third-order valence-corrected chi connectivity index (χ3v) is 8.05. The Morgan fingerprint density at radius 3 is 2.71 bits per heavy atom. The molecule has 5 saturated carbocycles. The fourth-order valence-corrected chi connectivity index (χ4v) is 7.99. The Kier molecular flexibility index (Phi) is 0.968. The topological polar surface area (TPSA) is 21.8 Å². The molecule has 5 bridgehead atoms. The van der Waals surface area contributed by atoms with E-state index in [0.29, 0.717) is 23.9 Å². The van der Waals surface area contributed by atoms with E-state index in [0.717, 1.165) is 41.4 Å². The normalized spacial score (nSPS) is 83.3. The predicted molar refractivity (Wildman–Crippen MR) is 59.2 cm³/mol. The maximum atomic E-state index is 6.26. The van der Waals surface area contributed by atoms with Gasteiger partial charge in [0.15, 0.2) is 0 Å². The molecule has 8 aliphatic rings. The van der Waals surface area contributed by atoms with Crippen molar-refractivity contribution < 1.29 is 9.47 Å². The van der Waals surface area contributed by atoms with Crippen molar-refractivity contribution in [1.29, 1.82) is 0 Å². The summed E-state index contributed by atoms with van der Waals surface area (Å²) in [6.07, 6.45) is 7.92. The zero-order valence-corrected chi connectivity index (χ0v) is 9.92. The van der Waals surface area contributed by atoms with Gasteiger partial charge in [-0.2, -0.15) is 0 Å². The molecule has 11 unspecified atom stereocenters. The van der Waals surface area contributed by atoms with Crippen LogP contribution in [0.25, 0.3) is 0 Å². The molecule has 8 rings (SSSR count). The van der Waals surface area contributed by atoms with Crippen LogP contribution in [0.5, 0.6) is 0 Å². The number of rotatable bonds is 0. The van der Waals surface area contributed by atoms with E-state index in [1.807, 2.05) is 0 Å². The monoisotopic (exact) mass is 230 g/mol. The summed E-state index contributed by atoms with van der Waals surface area (Å²) in [6.45, 7) is 0. The van der Waals surface area contributed by atoms with Crippen LogP contribution in [-0.2, 0) is 9.47 Å². The maximum Gasteiger partial charge on any atom is 0.0875 e. The Bertz CT molecular complexity index is 454. The van der Waals surface area contributed by atoms with Crippen molar-refractivity contribution >= 4 is 0 Å². The lowest BCUT2D eigenvalue weighted by Gasteiger charge is -2.55. The molecule has 0 aromatic heterocycles. The van der Waals surface area contributed by atoms with Gasteiger partial charge in [0, 0.05) is 6.42 Å². The standard InChI is InChI=1S/C15H18O2/c1-6-5-2-9-14(16-9)12(5)7(1)11-8-3-15(13(6)11)4-10(8)17-15/h5-14H,1-4H2. The molecule has 1 spiro atoms. The molecule has 2 nitrogen and oxygen atoms in total. The van der Waals surface area contributed by atoms with Gasteiger partial charge in [-0.1, -0.05) is 0 Å². The fraction of sp³-hybridized carbons (Fsp3) is 1.00. The molecule has 90 valence electrons. The first-order valence-corrected chi connectivity index (χ1v) is 7.69. The Morgan fingerprint density at radius 2 is 1.76 bits per heavy atom. The summed E-state index contributed by atoms with van der Waals surface area (Å²) in [5.74, 6) is 7.14. The Labute approximate surface area is 101 Å². The summed E-state index contributed by atoms with van der Waals surface area (Å²) in [6, 6.07) is 0. The SMILES string of the molecule is C1C2OC2C2C1C1CC2C2C3CC4(CC3O4)C12. The third-order valence-electron chi connectivity index (χ3n) is 8.05. The Hall–Kier alpha value is -0.0800. The lowest BCUT2D eigenvalue weighted by atomic mass is 9.60. The van der Waals surface area contributed by atoms with Crippen molar-refractivity contribution in [1.82, 2.24) is 0 Å². The average Bonchev–Trinajstić information content (AvgIpc) is 2.85. The molecule has 3 heterocycles. The van der Waals surface area contributed by atoms with Crippen LogP contribution in [0.4, 0.5) is 0 Å². The largest absolute Gasteiger partial charge is 0.371 e. The molecule has 11 atom stereocenters. The van der Waals surface area contributed by atoms with Gasteiger partial charge in [0.25, 0.3) is 0 Å². The first kappa shape index (κ1) is 8.16. The zero-order valence-electron chi connectivity index (χ0n) is 9.92. The Balaban J connectivity index is 1.41. The van der Waals surface area contributed by atoms with Crippen LogP contribution in [-0.4, -0.2) is 23.9 Å². The predicted octanol–water partition coefficient (Wildman–Crippen LogP) is 1.83. The van der Waals surface area contributed by atoms with Crippen LogP contribution in [0.3, 0.4) is 0 Å². The Morgan fingerprint density at radius 1 is 0.824 bits per heavy atom. The van der Waals surface area contributed by atoms with Gasteiger partial charge in [-0.3, -0.25) is 0 Å². The molecule has 2 heteroatoms. The average molecular weight is 230 g/mol. The molecular formula is C15H18O2. The summed E-state index contributed by atoms with van der Waals surface area (Å²) in [5, 5.41) is 0. The van der Waals surface area contributed by atoms with E-state index in [1.54, 1.807) is 6.42 Å². The second-order valence-corrected chi connectivity index (χ2v) is 8.08. The van der Waals surface area contributed by atoms with E-state index < -0.39 is 0 Å². The van der Waals surface area contributed by atoms with Gasteiger partial charge < -0.3 is 9.47 Å². The van der Waals surface area contributed by atoms with Crippen LogP contribution >= 0.6 is 0 Å². The van der Waals surface area contributed by atoms with Gasteiger partial charge in [-0.05, 0) is 60.7 Å². The second kappa shape index (κ2) is 2.02. The highest BCUT2D eigenvalue weighted by Gasteiger charge is 2.81. The number of fused-ring (bicyclic) bond motifs is 10. The van der Waals surface area contributed by atoms with Crippen LogP contribution in [0, 0.1) is 41.4 Å². The number of hydrogen-bond donors (Lipinski definition) is 0. The van der Waals surface area contributed by atoms with Crippen molar-refractivity contribution in [3.05, 3.63) is 0 Å². The minimum Gasteiger partial charge on any atom is -0.371 e. The minimum atomic E-state index is 0.415. The summed E-state index contributed by atoms with van der Waals surface area (Å²) >= 11 is 0. The molecule has 5 aliphatic carbocycles. The van der Waals surface area contributed by atoms with Crippen molar-refractivity contribution in [2.45, 2.75) is 49.6 Å². The molecule has 0 radical (unpaired) electrons. The van der Waals surface area contributed by atoms with Crippen LogP contribution in [0.15, 0.2) is 0 Å². The summed E-state index contributed by atoms with van der Waals surface area (Å²) in [7, 11) is 0. The maximum absolute atomic E-state index is 6.26. The van der Waals surface area contributed by atoms with Gasteiger partial charge in [0.1, 0.15) is 0 Å². The van der Waals surface area contributed by atoms with Crippen molar-refractivity contribution in [2.24, 2.45) is 41.4 Å². The molecule has 0 N–H and O–H groups in total. The van der Waals surface area contributed by atoms with E-state index in [1.165, 1.54) is 19.3 Å². The van der Waals surface area contributed by atoms with E-state index >= 15 is 0 Å². The van der Waals surface area contributed by atoms with Gasteiger partial charge in [-0.15, -0.1) is 0 Å². The van der Waals surface area contributed by atoms with Crippen LogP contribution < -0.4 is 0 Å².